The molecule has 14 heavy (non-hydrogen) atoms. The van der Waals surface area contributed by atoms with Crippen molar-refractivity contribution >= 4 is 21.7 Å². The van der Waals surface area contributed by atoms with E-state index in [0.29, 0.717) is 5.75 Å². The van der Waals surface area contributed by atoms with Gasteiger partial charge in [0.15, 0.2) is 0 Å². The molecule has 3 nitrogen and oxygen atoms in total. The van der Waals surface area contributed by atoms with Crippen LogP contribution in [0.2, 0.25) is 0 Å². The van der Waals surface area contributed by atoms with Crippen molar-refractivity contribution in [3.05, 3.63) is 30.3 Å². The number of rotatable bonds is 5. The maximum absolute atomic E-state index is 10.7. The number of carboxylic acids is 1. The third-order valence-electron chi connectivity index (χ3n) is 1.88. The average Bonchev–Trinajstić information content (AvgIpc) is 2.20. The summed E-state index contributed by atoms with van der Waals surface area (Å²) in [6.07, 6.45) is 0. The fourth-order valence-corrected chi connectivity index (χ4v) is 7.39. The number of hydrogen-bond acceptors (Lipinski definition) is 3. The van der Waals surface area contributed by atoms with E-state index >= 15 is 0 Å². The van der Waals surface area contributed by atoms with Gasteiger partial charge in [-0.25, -0.2) is 0 Å². The van der Waals surface area contributed by atoms with Crippen molar-refractivity contribution in [2.45, 2.75) is 6.04 Å². The Morgan fingerprint density at radius 3 is 2.64 bits per heavy atom. The number of benzene rings is 1. The topological polar surface area (TPSA) is 49.3 Å². The maximum atomic E-state index is 10.7. The molecular formula is C9H11HgNO2S. The van der Waals surface area contributed by atoms with E-state index in [1.165, 1.54) is 3.07 Å². The molecule has 0 aliphatic rings. The molecule has 0 aliphatic heterocycles. The Labute approximate surface area is 101 Å². The molecule has 0 unspecified atom stereocenters. The van der Waals surface area contributed by atoms with Crippen LogP contribution in [-0.4, -0.2) is 22.9 Å². The minimum absolute atomic E-state index is 0.349. The fourth-order valence-electron chi connectivity index (χ4n) is 1.07. The summed E-state index contributed by atoms with van der Waals surface area (Å²) in [6.45, 7) is 0. The number of carboxylic acid groups (broad SMARTS) is 1. The molecule has 2 N–H and O–H groups in total. The van der Waals surface area contributed by atoms with E-state index < -0.39 is 36.9 Å². The molecule has 0 aromatic heterocycles. The summed E-state index contributed by atoms with van der Waals surface area (Å²) < 4.78 is 4.42. The molecule has 0 heterocycles. The van der Waals surface area contributed by atoms with E-state index in [0.717, 1.165) is 0 Å². The molecule has 72 valence electrons. The van der Waals surface area contributed by atoms with Gasteiger partial charge in [0.1, 0.15) is 0 Å². The van der Waals surface area contributed by atoms with Gasteiger partial charge in [-0.15, -0.1) is 0 Å². The first-order valence-corrected chi connectivity index (χ1v) is 10.5. The van der Waals surface area contributed by atoms with Crippen LogP contribution >= 0.6 is 12.6 Å². The van der Waals surface area contributed by atoms with Crippen molar-refractivity contribution in [3.63, 3.8) is 0 Å². The van der Waals surface area contributed by atoms with E-state index in [1.807, 2.05) is 30.3 Å². The van der Waals surface area contributed by atoms with E-state index in [-0.39, 0.29) is 0 Å². The molecule has 0 spiro atoms. The molecule has 0 bridgehead atoms. The molecule has 0 saturated heterocycles. The van der Waals surface area contributed by atoms with Gasteiger partial charge in [0, 0.05) is 0 Å². The zero-order valence-electron chi connectivity index (χ0n) is 7.68. The number of aliphatic carboxylic acids is 1. The van der Waals surface area contributed by atoms with Gasteiger partial charge in [0.2, 0.25) is 0 Å². The van der Waals surface area contributed by atoms with E-state index in [4.69, 9.17) is 5.11 Å². The van der Waals surface area contributed by atoms with Crippen LogP contribution in [0.15, 0.2) is 30.3 Å². The number of nitrogens with one attached hydrogen (secondary N) is 1. The summed E-state index contributed by atoms with van der Waals surface area (Å²) in [6, 6.07) is 9.53. The van der Waals surface area contributed by atoms with Gasteiger partial charge in [-0.1, -0.05) is 0 Å². The van der Waals surface area contributed by atoms with Gasteiger partial charge in [-0.2, -0.15) is 0 Å². The SMILES string of the molecule is O=C(O)[C@H](CS)[NH][Hg][c]1ccccc1. The first kappa shape index (κ1) is 12.0. The van der Waals surface area contributed by atoms with E-state index in [9.17, 15) is 4.79 Å². The van der Waals surface area contributed by atoms with Gasteiger partial charge in [0.25, 0.3) is 0 Å². The third-order valence-corrected chi connectivity index (χ3v) is 8.37. The number of hydrogen-bond donors (Lipinski definition) is 3. The second-order valence-electron chi connectivity index (χ2n) is 2.94. The van der Waals surface area contributed by atoms with Gasteiger partial charge in [-0.3, -0.25) is 0 Å². The molecule has 1 aromatic carbocycles. The predicted molar refractivity (Wildman–Crippen MR) is 54.5 cm³/mol. The van der Waals surface area contributed by atoms with Crippen LogP contribution in [0.25, 0.3) is 0 Å². The molecule has 1 atom stereocenters. The molecule has 0 amide bonds. The summed E-state index contributed by atoms with van der Waals surface area (Å²) in [4.78, 5) is 10.7. The molecule has 0 saturated carbocycles. The number of thiol groups is 1. The summed E-state index contributed by atoms with van der Waals surface area (Å²) in [5.41, 5.74) is 0. The van der Waals surface area contributed by atoms with Crippen LogP contribution in [0.1, 0.15) is 0 Å². The van der Waals surface area contributed by atoms with Crippen molar-refractivity contribution in [1.82, 2.24) is 3.08 Å². The molecule has 1 aromatic rings. The number of carbonyl (C=O) groups is 1. The van der Waals surface area contributed by atoms with Crippen LogP contribution in [0.4, 0.5) is 0 Å². The zero-order valence-corrected chi connectivity index (χ0v) is 14.1. The van der Waals surface area contributed by atoms with Crippen LogP contribution in [0, 0.1) is 0 Å². The Kier molecular flexibility index (Phi) is 5.51. The second-order valence-corrected chi connectivity index (χ2v) is 9.44. The van der Waals surface area contributed by atoms with Crippen molar-refractivity contribution < 1.29 is 34.8 Å². The Balaban J connectivity index is 2.44. The normalized spacial score (nSPS) is 11.8. The standard InChI is InChI=1S/C6H5.C3H6NO2S.Hg/c1-2-4-6-5-3-1;4-2(1-7)3(5)6;/h1-5H;2,4,7H,1H2,(H,5,6);/q;-1;+1/t;2-;/m.0./s1. The Hall–Kier alpha value is -0.0649. The van der Waals surface area contributed by atoms with Crippen LogP contribution < -0.4 is 6.15 Å². The third kappa shape index (κ3) is 3.98. The van der Waals surface area contributed by atoms with Crippen LogP contribution in [0.3, 0.4) is 0 Å². The molecule has 0 radical (unpaired) electrons. The molecule has 1 rings (SSSR count). The average molecular weight is 398 g/mol. The first-order valence-electron chi connectivity index (χ1n) is 4.35. The molecular weight excluding hydrogens is 387 g/mol. The summed E-state index contributed by atoms with van der Waals surface area (Å²) in [5.74, 6) is -0.460. The molecule has 5 heteroatoms. The van der Waals surface area contributed by atoms with Crippen molar-refractivity contribution in [2.24, 2.45) is 0 Å². The van der Waals surface area contributed by atoms with Gasteiger partial charge >= 0.3 is 102 Å². The van der Waals surface area contributed by atoms with E-state index in [2.05, 4.69) is 15.7 Å². The monoisotopic (exact) mass is 399 g/mol. The summed E-state index contributed by atoms with van der Waals surface area (Å²) in [5, 5.41) is 8.78. The van der Waals surface area contributed by atoms with Crippen molar-refractivity contribution in [1.29, 1.82) is 0 Å². The van der Waals surface area contributed by atoms with Gasteiger partial charge < -0.3 is 0 Å². The van der Waals surface area contributed by atoms with E-state index in [1.54, 1.807) is 0 Å². The van der Waals surface area contributed by atoms with Crippen LogP contribution in [0.5, 0.6) is 0 Å². The Morgan fingerprint density at radius 1 is 1.50 bits per heavy atom. The zero-order chi connectivity index (χ0) is 10.4. The molecule has 0 fully saturated rings. The molecule has 0 aliphatic carbocycles. The Bertz CT molecular complexity index is 294. The predicted octanol–water partition coefficient (Wildman–Crippen LogP) is 0.282. The fraction of sp³-hybridized carbons (Fsp3) is 0.222. The van der Waals surface area contributed by atoms with Crippen molar-refractivity contribution in [2.75, 3.05) is 5.75 Å². The van der Waals surface area contributed by atoms with Gasteiger partial charge in [-0.05, 0) is 0 Å². The quantitative estimate of drug-likeness (QED) is 0.494. The summed E-state index contributed by atoms with van der Waals surface area (Å²) in [7, 11) is 0. The minimum atomic E-state index is -1.44. The van der Waals surface area contributed by atoms with Gasteiger partial charge in [0.05, 0.1) is 0 Å². The second kappa shape index (κ2) is 6.42. The summed E-state index contributed by atoms with van der Waals surface area (Å²) >= 11 is 2.55. The Morgan fingerprint density at radius 2 is 2.14 bits per heavy atom. The first-order chi connectivity index (χ1) is 6.74. The van der Waals surface area contributed by atoms with Crippen molar-refractivity contribution in [3.8, 4) is 0 Å². The van der Waals surface area contributed by atoms with Crippen LogP contribution in [-0.2, 0) is 29.7 Å².